The third-order valence-electron chi connectivity index (χ3n) is 4.98. The minimum atomic E-state index is -1.15. The minimum absolute atomic E-state index is 0.122. The minimum Gasteiger partial charge on any atom is -0.383 e. The van der Waals surface area contributed by atoms with E-state index in [-0.39, 0.29) is 18.3 Å². The van der Waals surface area contributed by atoms with Crippen molar-refractivity contribution >= 4 is 5.91 Å². The van der Waals surface area contributed by atoms with Gasteiger partial charge in [0.25, 0.3) is 5.91 Å². The van der Waals surface area contributed by atoms with Crippen molar-refractivity contribution in [3.63, 3.8) is 0 Å². The van der Waals surface area contributed by atoms with Crippen molar-refractivity contribution in [3.05, 3.63) is 83.9 Å². The van der Waals surface area contributed by atoms with Gasteiger partial charge in [-0.1, -0.05) is 42.5 Å². The van der Waals surface area contributed by atoms with E-state index in [0.29, 0.717) is 24.1 Å². The number of nitrogens with one attached hydrogen (secondary N) is 1. The van der Waals surface area contributed by atoms with Crippen LogP contribution in [0.5, 0.6) is 0 Å². The summed E-state index contributed by atoms with van der Waals surface area (Å²) in [6, 6.07) is 15.5. The summed E-state index contributed by atoms with van der Waals surface area (Å²) in [5, 5.41) is 10.9. The number of carbonyl (C=O) groups excluding carboxylic acids is 1. The van der Waals surface area contributed by atoms with Crippen molar-refractivity contribution in [2.75, 3.05) is 13.1 Å². The molecule has 1 aliphatic rings. The van der Waals surface area contributed by atoms with Crippen molar-refractivity contribution in [1.29, 1.82) is 0 Å². The fourth-order valence-corrected chi connectivity index (χ4v) is 3.53. The van der Waals surface area contributed by atoms with Gasteiger partial charge in [-0.05, 0) is 29.7 Å². The smallest absolute Gasteiger partial charge is 0.256 e. The van der Waals surface area contributed by atoms with E-state index < -0.39 is 5.60 Å². The average Bonchev–Trinajstić information content (AvgIpc) is 3.30. The molecule has 26 heavy (non-hydrogen) atoms. The highest BCUT2D eigenvalue weighted by Gasteiger charge is 2.40. The van der Waals surface area contributed by atoms with E-state index >= 15 is 0 Å². The number of hydrogen-bond donors (Lipinski definition) is 2. The molecule has 0 saturated carbocycles. The standard InChI is InChI=1S/C21H19FN2O2/c22-17-8-6-16(7-9-17)21(26)10-11-24(14-21)20(25)19-13-23-12-18(19)15-4-2-1-3-5-15/h1-9,12-13,23,26H,10-11,14H2. The molecule has 132 valence electrons. The van der Waals surface area contributed by atoms with Crippen LogP contribution in [0.2, 0.25) is 0 Å². The number of halogens is 1. The van der Waals surface area contributed by atoms with E-state index in [1.807, 2.05) is 36.5 Å². The predicted octanol–water partition coefficient (Wildman–Crippen LogP) is 3.55. The Balaban J connectivity index is 1.58. The zero-order chi connectivity index (χ0) is 18.1. The van der Waals surface area contributed by atoms with E-state index in [0.717, 1.165) is 11.1 Å². The largest absolute Gasteiger partial charge is 0.383 e. The lowest BCUT2D eigenvalue weighted by atomic mass is 9.93. The maximum atomic E-state index is 13.1. The summed E-state index contributed by atoms with van der Waals surface area (Å²) >= 11 is 0. The van der Waals surface area contributed by atoms with E-state index in [2.05, 4.69) is 4.98 Å². The van der Waals surface area contributed by atoms with Crippen molar-refractivity contribution in [3.8, 4) is 11.1 Å². The van der Waals surface area contributed by atoms with Crippen LogP contribution in [0.25, 0.3) is 11.1 Å². The number of benzene rings is 2. The zero-order valence-corrected chi connectivity index (χ0v) is 14.2. The molecule has 0 radical (unpaired) electrons. The highest BCUT2D eigenvalue weighted by atomic mass is 19.1. The molecule has 5 heteroatoms. The first-order valence-corrected chi connectivity index (χ1v) is 8.57. The Morgan fingerprint density at radius 3 is 2.54 bits per heavy atom. The van der Waals surface area contributed by atoms with Crippen LogP contribution in [0.15, 0.2) is 67.0 Å². The molecule has 2 heterocycles. The van der Waals surface area contributed by atoms with Crippen LogP contribution in [0.3, 0.4) is 0 Å². The zero-order valence-electron chi connectivity index (χ0n) is 14.2. The molecule has 1 unspecified atom stereocenters. The third kappa shape index (κ3) is 2.91. The number of aromatic nitrogens is 1. The molecule has 4 nitrogen and oxygen atoms in total. The summed E-state index contributed by atoms with van der Waals surface area (Å²) in [4.78, 5) is 17.7. The highest BCUT2D eigenvalue weighted by Crippen LogP contribution is 2.34. The summed E-state index contributed by atoms with van der Waals surface area (Å²) in [6.45, 7) is 0.642. The van der Waals surface area contributed by atoms with Crippen LogP contribution in [0.4, 0.5) is 4.39 Å². The number of aliphatic hydroxyl groups is 1. The summed E-state index contributed by atoms with van der Waals surface area (Å²) in [5.74, 6) is -0.466. The van der Waals surface area contributed by atoms with Crippen molar-refractivity contribution in [1.82, 2.24) is 9.88 Å². The number of amides is 1. The van der Waals surface area contributed by atoms with Crippen LogP contribution in [-0.2, 0) is 5.60 Å². The molecular formula is C21H19FN2O2. The van der Waals surface area contributed by atoms with Gasteiger partial charge in [-0.3, -0.25) is 4.79 Å². The van der Waals surface area contributed by atoms with Gasteiger partial charge >= 0.3 is 0 Å². The van der Waals surface area contributed by atoms with Crippen LogP contribution in [0.1, 0.15) is 22.3 Å². The lowest BCUT2D eigenvalue weighted by Gasteiger charge is -2.24. The molecule has 1 fully saturated rings. The molecule has 2 N–H and O–H groups in total. The molecule has 0 aliphatic carbocycles. The number of H-pyrrole nitrogens is 1. The Bertz CT molecular complexity index is 921. The van der Waals surface area contributed by atoms with Gasteiger partial charge < -0.3 is 15.0 Å². The molecule has 4 rings (SSSR count). The second-order valence-electron chi connectivity index (χ2n) is 6.66. The van der Waals surface area contributed by atoms with Gasteiger partial charge in [0, 0.05) is 24.5 Å². The second kappa shape index (κ2) is 6.42. The van der Waals surface area contributed by atoms with E-state index in [1.54, 1.807) is 23.2 Å². The van der Waals surface area contributed by atoms with Gasteiger partial charge in [0.15, 0.2) is 0 Å². The van der Waals surface area contributed by atoms with Crippen LogP contribution >= 0.6 is 0 Å². The van der Waals surface area contributed by atoms with Crippen molar-refractivity contribution in [2.45, 2.75) is 12.0 Å². The first-order valence-electron chi connectivity index (χ1n) is 8.57. The summed E-state index contributed by atoms with van der Waals surface area (Å²) in [6.07, 6.45) is 3.93. The maximum Gasteiger partial charge on any atom is 0.256 e. The first-order chi connectivity index (χ1) is 12.6. The predicted molar refractivity (Wildman–Crippen MR) is 97.0 cm³/mol. The number of likely N-dealkylation sites (tertiary alicyclic amines) is 1. The molecule has 1 atom stereocenters. The molecule has 2 aromatic carbocycles. The van der Waals surface area contributed by atoms with Gasteiger partial charge in [-0.15, -0.1) is 0 Å². The summed E-state index contributed by atoms with van der Waals surface area (Å²) in [5.41, 5.74) is 1.87. The van der Waals surface area contributed by atoms with E-state index in [1.165, 1.54) is 12.1 Å². The number of rotatable bonds is 3. The maximum absolute atomic E-state index is 13.1. The molecule has 1 saturated heterocycles. The Hall–Kier alpha value is -2.92. The number of β-amino-alcohol motifs (C(OH)–C–C–N with tert-alkyl or cyclic N) is 1. The van der Waals surface area contributed by atoms with Crippen LogP contribution in [0, 0.1) is 5.82 Å². The normalized spacial score (nSPS) is 19.7. The van der Waals surface area contributed by atoms with E-state index in [9.17, 15) is 14.3 Å². The number of hydrogen-bond acceptors (Lipinski definition) is 2. The van der Waals surface area contributed by atoms with Crippen LogP contribution < -0.4 is 0 Å². The lowest BCUT2D eigenvalue weighted by molar-refractivity contribution is 0.0417. The second-order valence-corrected chi connectivity index (χ2v) is 6.66. The number of aromatic amines is 1. The Kier molecular flexibility index (Phi) is 4.09. The van der Waals surface area contributed by atoms with E-state index in [4.69, 9.17) is 0 Å². The van der Waals surface area contributed by atoms with Gasteiger partial charge in [0.1, 0.15) is 11.4 Å². The van der Waals surface area contributed by atoms with Gasteiger partial charge in [-0.2, -0.15) is 0 Å². The highest BCUT2D eigenvalue weighted by molar-refractivity contribution is 6.01. The molecule has 3 aromatic rings. The molecule has 1 amide bonds. The fourth-order valence-electron chi connectivity index (χ4n) is 3.53. The quantitative estimate of drug-likeness (QED) is 0.759. The molecular weight excluding hydrogens is 331 g/mol. The third-order valence-corrected chi connectivity index (χ3v) is 4.98. The Morgan fingerprint density at radius 2 is 1.81 bits per heavy atom. The molecule has 1 aliphatic heterocycles. The molecule has 0 spiro atoms. The Labute approximate surface area is 150 Å². The van der Waals surface area contributed by atoms with Gasteiger partial charge in [0.2, 0.25) is 0 Å². The van der Waals surface area contributed by atoms with Crippen molar-refractivity contribution in [2.24, 2.45) is 0 Å². The summed E-state index contributed by atoms with van der Waals surface area (Å²) < 4.78 is 13.1. The van der Waals surface area contributed by atoms with Gasteiger partial charge in [-0.25, -0.2) is 4.39 Å². The SMILES string of the molecule is O=C(c1c[nH]cc1-c1ccccc1)N1CCC(O)(c2ccc(F)cc2)C1. The number of carbonyl (C=O) groups is 1. The fraction of sp³-hybridized carbons (Fsp3) is 0.190. The lowest BCUT2D eigenvalue weighted by Crippen LogP contribution is -2.34. The first kappa shape index (κ1) is 16.5. The molecule has 1 aromatic heterocycles. The monoisotopic (exact) mass is 350 g/mol. The van der Waals surface area contributed by atoms with Gasteiger partial charge in [0.05, 0.1) is 12.1 Å². The topological polar surface area (TPSA) is 56.3 Å². The average molecular weight is 350 g/mol. The Morgan fingerprint density at radius 1 is 1.08 bits per heavy atom. The van der Waals surface area contributed by atoms with Crippen molar-refractivity contribution < 1.29 is 14.3 Å². The van der Waals surface area contributed by atoms with Crippen LogP contribution in [-0.4, -0.2) is 34.0 Å². The molecule has 0 bridgehead atoms. The number of nitrogens with zero attached hydrogens (tertiary/aromatic N) is 1. The summed E-state index contributed by atoms with van der Waals surface area (Å²) in [7, 11) is 0.